The number of urea groups is 1. The second kappa shape index (κ2) is 7.08. The minimum atomic E-state index is -0.154. The van der Waals surface area contributed by atoms with Crippen LogP contribution in [-0.4, -0.2) is 31.6 Å². The molecular weight excluding hydrogens is 268 g/mol. The van der Waals surface area contributed by atoms with E-state index in [2.05, 4.69) is 10.6 Å². The molecule has 1 unspecified atom stereocenters. The van der Waals surface area contributed by atoms with Crippen LogP contribution < -0.4 is 21.3 Å². The fourth-order valence-electron chi connectivity index (χ4n) is 2.39. The van der Waals surface area contributed by atoms with Gasteiger partial charge in [0.05, 0.1) is 5.92 Å². The van der Waals surface area contributed by atoms with E-state index in [1.165, 1.54) is 0 Å². The lowest BCUT2D eigenvalue weighted by Gasteiger charge is -2.16. The predicted molar refractivity (Wildman–Crippen MR) is 83.3 cm³/mol. The topological polar surface area (TPSA) is 87.5 Å². The maximum absolute atomic E-state index is 12.1. The second-order valence-electron chi connectivity index (χ2n) is 5.14. The maximum Gasteiger partial charge on any atom is 0.321 e. The second-order valence-corrected chi connectivity index (χ2v) is 5.14. The van der Waals surface area contributed by atoms with Crippen LogP contribution in [0.5, 0.6) is 0 Å². The molecule has 0 saturated carbocycles. The zero-order valence-electron chi connectivity index (χ0n) is 12.3. The SMILES string of the molecule is CCCC(CN)C(=O)Nc1ccc(N2CCNC2=O)cc1. The molecule has 3 amide bonds. The van der Waals surface area contributed by atoms with Crippen LogP contribution >= 0.6 is 0 Å². The molecule has 0 spiro atoms. The van der Waals surface area contributed by atoms with Crippen molar-refractivity contribution in [1.29, 1.82) is 0 Å². The zero-order chi connectivity index (χ0) is 15.2. The maximum atomic E-state index is 12.1. The highest BCUT2D eigenvalue weighted by Gasteiger charge is 2.21. The van der Waals surface area contributed by atoms with Gasteiger partial charge in [-0.2, -0.15) is 0 Å². The van der Waals surface area contributed by atoms with Crippen molar-refractivity contribution in [2.75, 3.05) is 29.9 Å². The molecule has 1 saturated heterocycles. The molecule has 1 aliphatic heterocycles. The van der Waals surface area contributed by atoms with Crippen molar-refractivity contribution in [3.63, 3.8) is 0 Å². The van der Waals surface area contributed by atoms with Gasteiger partial charge >= 0.3 is 6.03 Å². The fraction of sp³-hybridized carbons (Fsp3) is 0.467. The van der Waals surface area contributed by atoms with Crippen LogP contribution in [0.15, 0.2) is 24.3 Å². The highest BCUT2D eigenvalue weighted by atomic mass is 16.2. The standard InChI is InChI=1S/C15H22N4O2/c1-2-3-11(10-16)14(20)18-12-4-6-13(7-5-12)19-9-8-17-15(19)21/h4-7,11H,2-3,8-10,16H2,1H3,(H,17,21)(H,18,20). The van der Waals surface area contributed by atoms with E-state index in [4.69, 9.17) is 5.73 Å². The van der Waals surface area contributed by atoms with Gasteiger partial charge in [0.25, 0.3) is 0 Å². The number of carbonyl (C=O) groups excluding carboxylic acids is 2. The summed E-state index contributed by atoms with van der Waals surface area (Å²) in [5.41, 5.74) is 7.17. The van der Waals surface area contributed by atoms with Gasteiger partial charge in [0.15, 0.2) is 0 Å². The van der Waals surface area contributed by atoms with Crippen LogP contribution in [0.4, 0.5) is 16.2 Å². The Balaban J connectivity index is 1.99. The monoisotopic (exact) mass is 290 g/mol. The number of nitrogens with zero attached hydrogens (tertiary/aromatic N) is 1. The Morgan fingerprint density at radius 1 is 1.43 bits per heavy atom. The first-order valence-electron chi connectivity index (χ1n) is 7.32. The van der Waals surface area contributed by atoms with Crippen molar-refractivity contribution >= 4 is 23.3 Å². The molecule has 0 radical (unpaired) electrons. The smallest absolute Gasteiger partial charge is 0.321 e. The van der Waals surface area contributed by atoms with Gasteiger partial charge in [-0.15, -0.1) is 0 Å². The van der Waals surface area contributed by atoms with Crippen LogP contribution in [0, 0.1) is 5.92 Å². The normalized spacial score (nSPS) is 15.7. The zero-order valence-corrected chi connectivity index (χ0v) is 12.3. The number of hydrogen-bond donors (Lipinski definition) is 3. The number of carbonyl (C=O) groups is 2. The van der Waals surface area contributed by atoms with Crippen LogP contribution in [-0.2, 0) is 4.79 Å². The average Bonchev–Trinajstić information content (AvgIpc) is 2.91. The lowest BCUT2D eigenvalue weighted by atomic mass is 10.0. The number of hydrogen-bond acceptors (Lipinski definition) is 3. The molecule has 1 aromatic rings. The van der Waals surface area contributed by atoms with Crippen molar-refractivity contribution in [3.8, 4) is 0 Å². The summed E-state index contributed by atoms with van der Waals surface area (Å²) in [5, 5.41) is 5.62. The molecule has 0 bridgehead atoms. The van der Waals surface area contributed by atoms with Crippen molar-refractivity contribution < 1.29 is 9.59 Å². The van der Waals surface area contributed by atoms with Gasteiger partial charge in [-0.25, -0.2) is 4.79 Å². The molecule has 1 atom stereocenters. The lowest BCUT2D eigenvalue weighted by Crippen LogP contribution is -2.29. The number of amides is 3. The lowest BCUT2D eigenvalue weighted by molar-refractivity contribution is -0.119. The molecule has 114 valence electrons. The Morgan fingerprint density at radius 3 is 2.67 bits per heavy atom. The quantitative estimate of drug-likeness (QED) is 0.742. The molecule has 21 heavy (non-hydrogen) atoms. The Bertz CT molecular complexity index is 501. The fourth-order valence-corrected chi connectivity index (χ4v) is 2.39. The third-order valence-corrected chi connectivity index (χ3v) is 3.60. The number of nitrogens with one attached hydrogen (secondary N) is 2. The first-order chi connectivity index (χ1) is 10.2. The minimum absolute atomic E-state index is 0.0500. The van der Waals surface area contributed by atoms with Gasteiger partial charge in [0.2, 0.25) is 5.91 Å². The van der Waals surface area contributed by atoms with Gasteiger partial charge in [0, 0.05) is 31.0 Å². The molecule has 0 aliphatic carbocycles. The molecule has 1 heterocycles. The first kappa shape index (κ1) is 15.3. The highest BCUT2D eigenvalue weighted by Crippen LogP contribution is 2.20. The van der Waals surface area contributed by atoms with Gasteiger partial charge < -0.3 is 16.4 Å². The van der Waals surface area contributed by atoms with Crippen LogP contribution in [0.3, 0.4) is 0 Å². The van der Waals surface area contributed by atoms with Gasteiger partial charge in [0.1, 0.15) is 0 Å². The Morgan fingerprint density at radius 2 is 2.14 bits per heavy atom. The Labute approximate surface area is 124 Å². The minimum Gasteiger partial charge on any atom is -0.336 e. The van der Waals surface area contributed by atoms with E-state index in [0.717, 1.165) is 24.2 Å². The molecule has 1 fully saturated rings. The van der Waals surface area contributed by atoms with Crippen LogP contribution in [0.2, 0.25) is 0 Å². The van der Waals surface area contributed by atoms with E-state index in [9.17, 15) is 9.59 Å². The molecule has 2 rings (SSSR count). The van der Waals surface area contributed by atoms with Crippen molar-refractivity contribution in [3.05, 3.63) is 24.3 Å². The summed E-state index contributed by atoms with van der Waals surface area (Å²) < 4.78 is 0. The van der Waals surface area contributed by atoms with Crippen molar-refractivity contribution in [1.82, 2.24) is 5.32 Å². The summed E-state index contributed by atoms with van der Waals surface area (Å²) in [6.07, 6.45) is 1.71. The van der Waals surface area contributed by atoms with Gasteiger partial charge in [-0.3, -0.25) is 9.69 Å². The van der Waals surface area contributed by atoms with Gasteiger partial charge in [-0.1, -0.05) is 13.3 Å². The Kier molecular flexibility index (Phi) is 5.16. The van der Waals surface area contributed by atoms with Crippen LogP contribution in [0.25, 0.3) is 0 Å². The molecule has 6 heteroatoms. The molecule has 4 N–H and O–H groups in total. The highest BCUT2D eigenvalue weighted by molar-refractivity contribution is 5.95. The van der Waals surface area contributed by atoms with E-state index in [0.29, 0.717) is 19.6 Å². The largest absolute Gasteiger partial charge is 0.336 e. The Hall–Kier alpha value is -2.08. The summed E-state index contributed by atoms with van der Waals surface area (Å²) >= 11 is 0. The first-order valence-corrected chi connectivity index (χ1v) is 7.32. The summed E-state index contributed by atoms with van der Waals surface area (Å²) in [6.45, 7) is 3.71. The molecule has 1 aliphatic rings. The number of nitrogens with two attached hydrogens (primary N) is 1. The van der Waals surface area contributed by atoms with E-state index < -0.39 is 0 Å². The molecular formula is C15H22N4O2. The third-order valence-electron chi connectivity index (χ3n) is 3.60. The van der Waals surface area contributed by atoms with E-state index in [1.807, 2.05) is 19.1 Å². The van der Waals surface area contributed by atoms with E-state index in [-0.39, 0.29) is 17.9 Å². The average molecular weight is 290 g/mol. The van der Waals surface area contributed by atoms with Crippen molar-refractivity contribution in [2.24, 2.45) is 11.7 Å². The molecule has 0 aromatic heterocycles. The van der Waals surface area contributed by atoms with E-state index >= 15 is 0 Å². The van der Waals surface area contributed by atoms with Crippen molar-refractivity contribution in [2.45, 2.75) is 19.8 Å². The molecule has 6 nitrogen and oxygen atoms in total. The molecule has 1 aromatic carbocycles. The van der Waals surface area contributed by atoms with Crippen LogP contribution in [0.1, 0.15) is 19.8 Å². The number of anilines is 2. The summed E-state index contributed by atoms with van der Waals surface area (Å²) in [6, 6.07) is 7.18. The third kappa shape index (κ3) is 3.72. The number of rotatable bonds is 6. The summed E-state index contributed by atoms with van der Waals surface area (Å²) in [4.78, 5) is 25.3. The predicted octanol–water partition coefficient (Wildman–Crippen LogP) is 1.53. The summed E-state index contributed by atoms with van der Waals surface area (Å²) in [7, 11) is 0. The number of benzene rings is 1. The summed E-state index contributed by atoms with van der Waals surface area (Å²) in [5.74, 6) is -0.204. The van der Waals surface area contributed by atoms with Gasteiger partial charge in [-0.05, 0) is 30.7 Å². The van der Waals surface area contributed by atoms with E-state index in [1.54, 1.807) is 17.0 Å².